The molecule has 0 aliphatic carbocycles. The van der Waals surface area contributed by atoms with E-state index >= 15 is 0 Å². The lowest BCUT2D eigenvalue weighted by atomic mass is 10.2. The topological polar surface area (TPSA) is 99.0 Å². The van der Waals surface area contributed by atoms with E-state index in [4.69, 9.17) is 4.74 Å². The van der Waals surface area contributed by atoms with Gasteiger partial charge >= 0.3 is 0 Å². The number of hydrogen-bond donors (Lipinski definition) is 1. The van der Waals surface area contributed by atoms with Crippen molar-refractivity contribution in [2.75, 3.05) is 4.72 Å². The molecule has 4 rings (SSSR count). The quantitative estimate of drug-likeness (QED) is 0.444. The Labute approximate surface area is 191 Å². The molecule has 2 heterocycles. The zero-order valence-corrected chi connectivity index (χ0v) is 19.3. The first-order valence-corrected chi connectivity index (χ1v) is 11.5. The van der Waals surface area contributed by atoms with Crippen LogP contribution in [0.4, 0.5) is 10.1 Å². The Morgan fingerprint density at radius 1 is 0.970 bits per heavy atom. The number of rotatable bonds is 6. The summed E-state index contributed by atoms with van der Waals surface area (Å²) in [5, 5.41) is 0. The molecule has 0 saturated heterocycles. The highest BCUT2D eigenvalue weighted by Crippen LogP contribution is 2.25. The highest BCUT2D eigenvalue weighted by molar-refractivity contribution is 7.92. The van der Waals surface area contributed by atoms with E-state index in [9.17, 15) is 12.8 Å². The van der Waals surface area contributed by atoms with Crippen molar-refractivity contribution in [1.29, 1.82) is 0 Å². The summed E-state index contributed by atoms with van der Waals surface area (Å²) < 4.78 is 48.8. The second-order valence-corrected chi connectivity index (χ2v) is 9.19. The van der Waals surface area contributed by atoms with E-state index in [1.807, 2.05) is 18.4 Å². The number of sulfonamides is 1. The van der Waals surface area contributed by atoms with Crippen molar-refractivity contribution in [3.63, 3.8) is 0 Å². The number of nitrogens with zero attached hydrogens (tertiary/aromatic N) is 4. The van der Waals surface area contributed by atoms with Crippen LogP contribution in [0.15, 0.2) is 59.8 Å². The molecule has 0 aliphatic rings. The average molecular weight is 468 g/mol. The van der Waals surface area contributed by atoms with Crippen LogP contribution in [0.5, 0.6) is 11.6 Å². The van der Waals surface area contributed by atoms with Crippen molar-refractivity contribution in [3.05, 3.63) is 83.5 Å². The van der Waals surface area contributed by atoms with Crippen molar-refractivity contribution >= 4 is 15.7 Å². The van der Waals surface area contributed by atoms with Crippen LogP contribution in [-0.4, -0.2) is 27.9 Å². The van der Waals surface area contributed by atoms with Crippen molar-refractivity contribution in [1.82, 2.24) is 19.5 Å². The molecule has 0 spiro atoms. The van der Waals surface area contributed by atoms with E-state index in [2.05, 4.69) is 19.7 Å². The van der Waals surface area contributed by atoms with Gasteiger partial charge in [-0.3, -0.25) is 9.29 Å². The molecule has 0 atom stereocenters. The minimum absolute atomic E-state index is 0.0123. The molecule has 8 nitrogen and oxygen atoms in total. The molecule has 0 radical (unpaired) electrons. The molecule has 0 amide bonds. The van der Waals surface area contributed by atoms with Gasteiger partial charge in [0.15, 0.2) is 0 Å². The Bertz CT molecular complexity index is 1430. The van der Waals surface area contributed by atoms with Gasteiger partial charge in [0.25, 0.3) is 10.0 Å². The summed E-state index contributed by atoms with van der Waals surface area (Å²) >= 11 is 0. The first-order valence-electron chi connectivity index (χ1n) is 10.1. The lowest BCUT2D eigenvalue weighted by molar-refractivity contribution is 0.459. The molecule has 10 heteroatoms. The summed E-state index contributed by atoms with van der Waals surface area (Å²) in [6, 6.07) is 11.6. The van der Waals surface area contributed by atoms with E-state index in [-0.39, 0.29) is 4.90 Å². The summed E-state index contributed by atoms with van der Waals surface area (Å²) in [6.45, 7) is 7.18. The fraction of sp³-hybridized carbons (Fsp3) is 0.174. The van der Waals surface area contributed by atoms with Crippen molar-refractivity contribution in [2.24, 2.45) is 0 Å². The highest BCUT2D eigenvalue weighted by atomic mass is 32.2. The lowest BCUT2D eigenvalue weighted by Crippen LogP contribution is -2.14. The molecule has 2 aromatic carbocycles. The van der Waals surface area contributed by atoms with E-state index in [1.54, 1.807) is 50.5 Å². The Morgan fingerprint density at radius 2 is 1.70 bits per heavy atom. The van der Waals surface area contributed by atoms with Crippen LogP contribution in [0.1, 0.15) is 22.8 Å². The van der Waals surface area contributed by atoms with Gasteiger partial charge in [-0.05, 0) is 75.7 Å². The van der Waals surface area contributed by atoms with Gasteiger partial charge in [-0.1, -0.05) is 0 Å². The number of anilines is 1. The number of ether oxygens (including phenoxy) is 1. The molecule has 1 N–H and O–H groups in total. The van der Waals surface area contributed by atoms with Crippen LogP contribution in [0.2, 0.25) is 0 Å². The number of imidazole rings is 1. The van der Waals surface area contributed by atoms with Crippen molar-refractivity contribution < 1.29 is 17.5 Å². The van der Waals surface area contributed by atoms with Gasteiger partial charge in [-0.2, -0.15) is 4.98 Å². The normalized spacial score (nSPS) is 11.4. The maximum Gasteiger partial charge on any atom is 0.262 e. The van der Waals surface area contributed by atoms with Gasteiger partial charge < -0.3 is 4.74 Å². The Balaban J connectivity index is 1.53. The molecule has 170 valence electrons. The minimum Gasteiger partial charge on any atom is -0.439 e. The van der Waals surface area contributed by atoms with E-state index < -0.39 is 15.8 Å². The number of nitrogens with one attached hydrogen (secondary N) is 1. The molecule has 4 aromatic rings. The standard InChI is InChI=1S/C23H22FN5O3S/c1-14-11-18(24)5-10-21(14)33(30,31)28-19-6-8-20(9-7-19)32-23-12-22(26-17(4)27-23)29-13-25-15(2)16(29)3/h5-13,28H,1-4H3. The molecule has 0 bridgehead atoms. The number of hydrogen-bond acceptors (Lipinski definition) is 6. The molecule has 0 aliphatic heterocycles. The summed E-state index contributed by atoms with van der Waals surface area (Å²) in [6.07, 6.45) is 1.69. The van der Waals surface area contributed by atoms with Gasteiger partial charge in [-0.25, -0.2) is 22.8 Å². The van der Waals surface area contributed by atoms with Gasteiger partial charge in [-0.15, -0.1) is 0 Å². The van der Waals surface area contributed by atoms with Crippen LogP contribution in [0.25, 0.3) is 5.82 Å². The molecule has 33 heavy (non-hydrogen) atoms. The molecule has 0 unspecified atom stereocenters. The number of aryl methyl sites for hydroxylation is 3. The number of benzene rings is 2. The van der Waals surface area contributed by atoms with Gasteiger partial charge in [0.2, 0.25) is 5.88 Å². The fourth-order valence-corrected chi connectivity index (χ4v) is 4.55. The monoisotopic (exact) mass is 467 g/mol. The molecule has 0 fully saturated rings. The predicted octanol–water partition coefficient (Wildman–Crippen LogP) is 4.63. The Morgan fingerprint density at radius 3 is 2.33 bits per heavy atom. The second kappa shape index (κ2) is 8.62. The summed E-state index contributed by atoms with van der Waals surface area (Å²) in [5.74, 6) is 1.49. The largest absolute Gasteiger partial charge is 0.439 e. The molecule has 0 saturated carbocycles. The van der Waals surface area contributed by atoms with Gasteiger partial charge in [0.05, 0.1) is 10.6 Å². The minimum atomic E-state index is -3.86. The molecule has 2 aromatic heterocycles. The third-order valence-electron chi connectivity index (χ3n) is 5.06. The number of halogens is 1. The Kier molecular flexibility index (Phi) is 5.86. The van der Waals surface area contributed by atoms with E-state index in [0.717, 1.165) is 17.5 Å². The third kappa shape index (κ3) is 4.85. The smallest absolute Gasteiger partial charge is 0.262 e. The first kappa shape index (κ1) is 22.4. The average Bonchev–Trinajstić information content (AvgIpc) is 3.07. The molecular weight excluding hydrogens is 445 g/mol. The Hall–Kier alpha value is -3.79. The summed E-state index contributed by atoms with van der Waals surface area (Å²) in [4.78, 5) is 13.1. The van der Waals surface area contributed by atoms with Gasteiger partial charge in [0.1, 0.15) is 29.5 Å². The zero-order chi connectivity index (χ0) is 23.8. The van der Waals surface area contributed by atoms with E-state index in [1.165, 1.54) is 12.1 Å². The van der Waals surface area contributed by atoms with Crippen molar-refractivity contribution in [2.45, 2.75) is 32.6 Å². The third-order valence-corrected chi connectivity index (χ3v) is 6.60. The van der Waals surface area contributed by atoms with Crippen LogP contribution in [0.3, 0.4) is 0 Å². The second-order valence-electron chi connectivity index (χ2n) is 7.54. The van der Waals surface area contributed by atoms with Gasteiger partial charge in [0, 0.05) is 17.4 Å². The molecular formula is C23H22FN5O3S. The zero-order valence-electron chi connectivity index (χ0n) is 18.5. The van der Waals surface area contributed by atoms with Crippen LogP contribution in [-0.2, 0) is 10.0 Å². The maximum atomic E-state index is 13.3. The van der Waals surface area contributed by atoms with Crippen LogP contribution < -0.4 is 9.46 Å². The number of aromatic nitrogens is 4. The SMILES string of the molecule is Cc1nc(Oc2ccc(NS(=O)(=O)c3ccc(F)cc3C)cc2)cc(-n2cnc(C)c2C)n1. The lowest BCUT2D eigenvalue weighted by Gasteiger charge is -2.12. The maximum absolute atomic E-state index is 13.3. The summed E-state index contributed by atoms with van der Waals surface area (Å²) in [5.41, 5.74) is 2.53. The van der Waals surface area contributed by atoms with Crippen molar-refractivity contribution in [3.8, 4) is 17.4 Å². The first-order chi connectivity index (χ1) is 15.6. The summed E-state index contributed by atoms with van der Waals surface area (Å²) in [7, 11) is -3.86. The van der Waals surface area contributed by atoms with Crippen LogP contribution >= 0.6 is 0 Å². The highest BCUT2D eigenvalue weighted by Gasteiger charge is 2.17. The predicted molar refractivity (Wildman–Crippen MR) is 122 cm³/mol. The van der Waals surface area contributed by atoms with E-state index in [0.29, 0.717) is 34.5 Å². The fourth-order valence-electron chi connectivity index (χ4n) is 3.27. The van der Waals surface area contributed by atoms with Crippen LogP contribution in [0, 0.1) is 33.5 Å².